The van der Waals surface area contributed by atoms with Gasteiger partial charge >= 0.3 is 0 Å². The molecule has 0 aromatic heterocycles. The summed E-state index contributed by atoms with van der Waals surface area (Å²) in [5.41, 5.74) is 0.928. The van der Waals surface area contributed by atoms with Crippen LogP contribution in [0.5, 0.6) is 0 Å². The van der Waals surface area contributed by atoms with Gasteiger partial charge in [0.25, 0.3) is 0 Å². The highest BCUT2D eigenvalue weighted by molar-refractivity contribution is 5.61. The Hall–Kier alpha value is -0.940. The Balaban J connectivity index is -0.000000314. The van der Waals surface area contributed by atoms with Crippen LogP contribution < -0.4 is 34.4 Å². The zero-order valence-corrected chi connectivity index (χ0v) is 19.1. The fraction of sp³-hybridized carbons (Fsp3) is 0.611. The molecule has 26 heavy (non-hydrogen) atoms. The van der Waals surface area contributed by atoms with E-state index in [-0.39, 0.29) is 37.2 Å². The largest absolute Gasteiger partial charge is 1.00 e. The van der Waals surface area contributed by atoms with Gasteiger partial charge in [0.2, 0.25) is 0 Å². The first-order valence-corrected chi connectivity index (χ1v) is 8.22. The first-order chi connectivity index (χ1) is 11.4. The quantitative estimate of drug-likeness (QED) is 0.288. The first-order valence-electron chi connectivity index (χ1n) is 8.22. The van der Waals surface area contributed by atoms with Crippen molar-refractivity contribution in [3.8, 4) is 0 Å². The third kappa shape index (κ3) is 27.9. The minimum Gasteiger partial charge on any atom is -1.00 e. The molecular formula is C18H36IN3O4. The van der Waals surface area contributed by atoms with Crippen LogP contribution >= 0.6 is 0 Å². The van der Waals surface area contributed by atoms with E-state index in [0.717, 1.165) is 27.6 Å². The molecule has 154 valence electrons. The number of likely N-dealkylation sites (N-methyl/N-ethyl adjacent to an activating group) is 2. The Bertz CT molecular complexity index is 430. The smallest absolute Gasteiger partial charge is 0.134 e. The Morgan fingerprint density at radius 3 is 1.54 bits per heavy atom. The number of quaternary nitrogens is 2. The van der Waals surface area contributed by atoms with Crippen molar-refractivity contribution in [1.29, 1.82) is 0 Å². The molecule has 1 aromatic rings. The van der Waals surface area contributed by atoms with Gasteiger partial charge in [0, 0.05) is 6.54 Å². The Labute approximate surface area is 175 Å². The van der Waals surface area contributed by atoms with Crippen LogP contribution in [0.2, 0.25) is 0 Å². The van der Waals surface area contributed by atoms with Crippen LogP contribution in [-0.2, 0) is 6.54 Å². The Morgan fingerprint density at radius 1 is 0.923 bits per heavy atom. The zero-order chi connectivity index (χ0) is 19.9. The maximum absolute atomic E-state index is 9.95. The molecule has 1 rings (SSSR count). The number of carbonyl (C=O) groups excluding carboxylic acids is 1. The summed E-state index contributed by atoms with van der Waals surface area (Å²) in [7, 11) is 12.3. The van der Waals surface area contributed by atoms with Gasteiger partial charge in [-0.15, -0.1) is 0 Å². The van der Waals surface area contributed by atoms with Gasteiger partial charge in [-0.1, -0.05) is 30.3 Å². The van der Waals surface area contributed by atoms with E-state index in [1.54, 1.807) is 0 Å². The zero-order valence-electron chi connectivity index (χ0n) is 16.9. The molecule has 0 unspecified atom stereocenters. The van der Waals surface area contributed by atoms with Crippen LogP contribution in [0.1, 0.15) is 5.56 Å². The van der Waals surface area contributed by atoms with Gasteiger partial charge in [-0.3, -0.25) is 0 Å². The highest BCUT2D eigenvalue weighted by Crippen LogP contribution is 1.96. The molecule has 1 aromatic carbocycles. The van der Waals surface area contributed by atoms with E-state index >= 15 is 0 Å². The van der Waals surface area contributed by atoms with Crippen molar-refractivity contribution in [2.24, 2.45) is 0 Å². The fourth-order valence-corrected chi connectivity index (χ4v) is 1.37. The monoisotopic (exact) mass is 485 g/mol. The van der Waals surface area contributed by atoms with Crippen molar-refractivity contribution in [2.45, 2.75) is 6.54 Å². The molecule has 0 radical (unpaired) electrons. The summed E-state index contributed by atoms with van der Waals surface area (Å²) < 4.78 is 1.69. The second-order valence-electron chi connectivity index (χ2n) is 7.60. The van der Waals surface area contributed by atoms with Crippen molar-refractivity contribution in [1.82, 2.24) is 5.32 Å². The SMILES string of the molecule is C[N+](C)(C)CCO.C[N+](C)(C)CCO.O=C([O-])NCc1ccccc1.[I-]. The number of nitrogens with zero attached hydrogens (tertiary/aromatic N) is 2. The molecule has 0 aliphatic heterocycles. The minimum absolute atomic E-state index is 0. The van der Waals surface area contributed by atoms with Gasteiger partial charge in [0.1, 0.15) is 19.2 Å². The van der Waals surface area contributed by atoms with Gasteiger partial charge in [-0.05, 0) is 5.56 Å². The normalized spacial score (nSPS) is 10.3. The van der Waals surface area contributed by atoms with Crippen LogP contribution in [0.25, 0.3) is 0 Å². The minimum atomic E-state index is -1.24. The summed E-state index contributed by atoms with van der Waals surface area (Å²) in [6.45, 7) is 2.54. The lowest BCUT2D eigenvalue weighted by Gasteiger charge is -2.21. The van der Waals surface area contributed by atoms with E-state index in [1.165, 1.54) is 0 Å². The number of carboxylic acid groups (broad SMARTS) is 1. The molecule has 0 spiro atoms. The van der Waals surface area contributed by atoms with E-state index in [0.29, 0.717) is 6.54 Å². The Morgan fingerprint density at radius 2 is 1.31 bits per heavy atom. The summed E-state index contributed by atoms with van der Waals surface area (Å²) in [5.74, 6) is 0. The van der Waals surface area contributed by atoms with Gasteiger partial charge in [0.05, 0.1) is 55.5 Å². The molecule has 0 aliphatic carbocycles. The maximum atomic E-state index is 9.95. The van der Waals surface area contributed by atoms with E-state index in [1.807, 2.05) is 30.3 Å². The van der Waals surface area contributed by atoms with Crippen molar-refractivity contribution in [3.63, 3.8) is 0 Å². The number of rotatable bonds is 6. The molecular weight excluding hydrogens is 449 g/mol. The van der Waals surface area contributed by atoms with Crippen LogP contribution in [0.15, 0.2) is 30.3 Å². The number of nitrogens with one attached hydrogen (secondary N) is 1. The summed E-state index contributed by atoms with van der Waals surface area (Å²) in [5, 5.41) is 28.9. The number of carbonyl (C=O) groups is 1. The third-order valence-corrected chi connectivity index (χ3v) is 2.82. The molecule has 0 heterocycles. The number of benzene rings is 1. The fourth-order valence-electron chi connectivity index (χ4n) is 1.37. The molecule has 3 N–H and O–H groups in total. The second-order valence-corrected chi connectivity index (χ2v) is 7.60. The lowest BCUT2D eigenvalue weighted by atomic mass is 10.2. The van der Waals surface area contributed by atoms with E-state index in [2.05, 4.69) is 47.6 Å². The van der Waals surface area contributed by atoms with Gasteiger partial charge in [0.15, 0.2) is 0 Å². The standard InChI is InChI=1S/C8H9NO2.2C5H14NO.HI/c10-8(11)9-6-7-4-2-1-3-5-7;2*1-6(2,3)4-5-7;/h1-5,9H,6H2,(H,10,11);2*7H,4-5H2,1-3H3;1H/q;2*+1;/p-2. The predicted octanol–water partition coefficient (Wildman–Crippen LogP) is -3.51. The third-order valence-electron chi connectivity index (χ3n) is 2.82. The second kappa shape index (κ2) is 16.2. The first kappa shape index (κ1) is 29.8. The van der Waals surface area contributed by atoms with Gasteiger partial charge < -0.3 is 58.4 Å². The van der Waals surface area contributed by atoms with E-state index in [9.17, 15) is 9.90 Å². The summed E-state index contributed by atoms with van der Waals surface area (Å²) in [4.78, 5) is 9.95. The molecule has 0 fully saturated rings. The average Bonchev–Trinajstić information content (AvgIpc) is 2.45. The summed E-state index contributed by atoms with van der Waals surface area (Å²) >= 11 is 0. The summed E-state index contributed by atoms with van der Waals surface area (Å²) in [6.07, 6.45) is -1.24. The van der Waals surface area contributed by atoms with Crippen LogP contribution in [-0.4, -0.2) is 93.9 Å². The highest BCUT2D eigenvalue weighted by atomic mass is 127. The van der Waals surface area contributed by atoms with Crippen molar-refractivity contribution >= 4 is 6.09 Å². The summed E-state index contributed by atoms with van der Waals surface area (Å²) in [6, 6.07) is 9.27. The van der Waals surface area contributed by atoms with Crippen LogP contribution in [0.4, 0.5) is 4.79 Å². The van der Waals surface area contributed by atoms with Crippen molar-refractivity contribution in [2.75, 3.05) is 68.6 Å². The molecule has 0 saturated carbocycles. The molecule has 0 saturated heterocycles. The molecule has 0 bridgehead atoms. The number of hydrogen-bond donors (Lipinski definition) is 3. The highest BCUT2D eigenvalue weighted by Gasteiger charge is 2.02. The number of aliphatic hydroxyl groups is 2. The maximum Gasteiger partial charge on any atom is 0.134 e. The number of hydrogen-bond acceptors (Lipinski definition) is 4. The number of halogens is 1. The van der Waals surface area contributed by atoms with Crippen molar-refractivity contribution in [3.05, 3.63) is 35.9 Å². The molecule has 0 atom stereocenters. The molecule has 1 amide bonds. The topological polar surface area (TPSA) is 92.6 Å². The lowest BCUT2D eigenvalue weighted by Crippen LogP contribution is -3.00. The van der Waals surface area contributed by atoms with E-state index in [4.69, 9.17) is 10.2 Å². The van der Waals surface area contributed by atoms with Crippen LogP contribution in [0.3, 0.4) is 0 Å². The van der Waals surface area contributed by atoms with Gasteiger partial charge in [-0.2, -0.15) is 0 Å². The predicted molar refractivity (Wildman–Crippen MR) is 98.6 cm³/mol. The molecule has 8 heteroatoms. The molecule has 0 aliphatic rings. The Kier molecular flexibility index (Phi) is 18.6. The molecule has 7 nitrogen and oxygen atoms in total. The van der Waals surface area contributed by atoms with Crippen molar-refractivity contribution < 1.29 is 53.1 Å². The lowest BCUT2D eigenvalue weighted by molar-refractivity contribution is -0.870. The van der Waals surface area contributed by atoms with Gasteiger partial charge in [-0.25, -0.2) is 0 Å². The van der Waals surface area contributed by atoms with E-state index < -0.39 is 6.09 Å². The number of amides is 1. The van der Waals surface area contributed by atoms with Crippen LogP contribution in [0, 0.1) is 0 Å². The number of aliphatic hydroxyl groups excluding tert-OH is 2. The average molecular weight is 485 g/mol.